The highest BCUT2D eigenvalue weighted by molar-refractivity contribution is 5.82. The van der Waals surface area contributed by atoms with E-state index in [-0.39, 0.29) is 33.0 Å². The van der Waals surface area contributed by atoms with Crippen molar-refractivity contribution in [3.63, 3.8) is 0 Å². The molecular formula is C42H48N2O11. The Morgan fingerprint density at radius 1 is 0.709 bits per heavy atom. The van der Waals surface area contributed by atoms with E-state index in [0.717, 1.165) is 22.3 Å². The van der Waals surface area contributed by atoms with Gasteiger partial charge in [-0.2, -0.15) is 0 Å². The van der Waals surface area contributed by atoms with Crippen LogP contribution >= 0.6 is 0 Å². The van der Waals surface area contributed by atoms with Crippen LogP contribution in [0.5, 0.6) is 0 Å². The fraction of sp³-hybridized carbons (Fsp3) is 0.357. The fourth-order valence-corrected chi connectivity index (χ4v) is 5.99. The van der Waals surface area contributed by atoms with E-state index in [1.165, 1.54) is 14.0 Å². The number of carbonyl (C=O) groups excluding carboxylic acids is 3. The minimum absolute atomic E-state index is 0.0367. The average molecular weight is 757 g/mol. The lowest BCUT2D eigenvalue weighted by Gasteiger charge is -2.46. The number of methoxy groups -OCH3 is 1. The zero-order chi connectivity index (χ0) is 38.8. The van der Waals surface area contributed by atoms with E-state index in [4.69, 9.17) is 33.2 Å². The van der Waals surface area contributed by atoms with Gasteiger partial charge in [0.2, 0.25) is 5.91 Å². The molecule has 55 heavy (non-hydrogen) atoms. The van der Waals surface area contributed by atoms with Gasteiger partial charge in [0.05, 0.1) is 39.6 Å². The third kappa shape index (κ3) is 12.7. The summed E-state index contributed by atoms with van der Waals surface area (Å²) in [5.74, 6) is -1.31. The van der Waals surface area contributed by atoms with E-state index in [1.54, 1.807) is 12.1 Å². The molecule has 2 amide bonds. The lowest BCUT2D eigenvalue weighted by molar-refractivity contribution is -0.297. The number of nitrogens with one attached hydrogen (secondary N) is 2. The van der Waals surface area contributed by atoms with Crippen molar-refractivity contribution in [1.82, 2.24) is 10.6 Å². The number of aliphatic hydroxyl groups excluding tert-OH is 1. The van der Waals surface area contributed by atoms with E-state index >= 15 is 0 Å². The molecule has 0 bridgehead atoms. The first-order valence-corrected chi connectivity index (χ1v) is 18.0. The summed E-state index contributed by atoms with van der Waals surface area (Å²) >= 11 is 0. The number of esters is 1. The Morgan fingerprint density at radius 3 is 1.71 bits per heavy atom. The second-order valence-corrected chi connectivity index (χ2v) is 12.9. The molecule has 1 aliphatic heterocycles. The van der Waals surface area contributed by atoms with Crippen molar-refractivity contribution in [1.29, 1.82) is 0 Å². The molecule has 5 rings (SSSR count). The number of aliphatic hydroxyl groups is 1. The van der Waals surface area contributed by atoms with E-state index in [9.17, 15) is 19.5 Å². The lowest BCUT2D eigenvalue weighted by atomic mass is 9.95. The highest BCUT2D eigenvalue weighted by Crippen LogP contribution is 2.30. The summed E-state index contributed by atoms with van der Waals surface area (Å²) in [6.45, 7) is 1.16. The second-order valence-electron chi connectivity index (χ2n) is 12.9. The van der Waals surface area contributed by atoms with Crippen LogP contribution in [0.2, 0.25) is 0 Å². The first-order chi connectivity index (χ1) is 26.8. The maximum absolute atomic E-state index is 13.6. The molecular weight excluding hydrogens is 708 g/mol. The normalized spacial score (nSPS) is 20.5. The van der Waals surface area contributed by atoms with Gasteiger partial charge in [-0.05, 0) is 29.2 Å². The predicted molar refractivity (Wildman–Crippen MR) is 200 cm³/mol. The van der Waals surface area contributed by atoms with E-state index in [0.29, 0.717) is 0 Å². The van der Waals surface area contributed by atoms with Gasteiger partial charge in [0.1, 0.15) is 37.6 Å². The minimum atomic E-state index is -1.36. The molecule has 0 aromatic heterocycles. The Balaban J connectivity index is 1.39. The molecule has 1 fully saturated rings. The fourth-order valence-electron chi connectivity index (χ4n) is 5.99. The molecule has 1 heterocycles. The molecule has 4 aromatic rings. The van der Waals surface area contributed by atoms with Gasteiger partial charge in [-0.1, -0.05) is 121 Å². The first-order valence-electron chi connectivity index (χ1n) is 18.0. The molecule has 1 aliphatic rings. The molecule has 0 aliphatic carbocycles. The Hall–Kier alpha value is -5.15. The molecule has 4 aromatic carbocycles. The molecule has 7 atom stereocenters. The zero-order valence-electron chi connectivity index (χ0n) is 30.9. The highest BCUT2D eigenvalue weighted by Gasteiger charge is 2.50. The van der Waals surface area contributed by atoms with Crippen LogP contribution in [0.15, 0.2) is 121 Å². The minimum Gasteiger partial charge on any atom is -0.467 e. The number of hydrogen-bond donors (Lipinski definition) is 3. The third-order valence-corrected chi connectivity index (χ3v) is 8.83. The number of alkyl carbamates (subject to hydrolysis) is 1. The molecule has 13 heteroatoms. The Kier molecular flexibility index (Phi) is 16.2. The maximum Gasteiger partial charge on any atom is 0.408 e. The largest absolute Gasteiger partial charge is 0.467 e. The van der Waals surface area contributed by atoms with Crippen molar-refractivity contribution in [3.8, 4) is 0 Å². The summed E-state index contributed by atoms with van der Waals surface area (Å²) < 4.78 is 41.7. The second kappa shape index (κ2) is 21.7. The summed E-state index contributed by atoms with van der Waals surface area (Å²) in [6, 6.07) is 35.0. The van der Waals surface area contributed by atoms with Crippen molar-refractivity contribution < 1.29 is 52.6 Å². The van der Waals surface area contributed by atoms with Gasteiger partial charge in [-0.3, -0.25) is 4.79 Å². The molecule has 13 nitrogen and oxygen atoms in total. The number of ether oxygens (including phenoxy) is 7. The van der Waals surface area contributed by atoms with Gasteiger partial charge in [0.15, 0.2) is 12.3 Å². The predicted octanol–water partition coefficient (Wildman–Crippen LogP) is 4.45. The zero-order valence-corrected chi connectivity index (χ0v) is 30.9. The summed E-state index contributed by atoms with van der Waals surface area (Å²) in [6.07, 6.45) is -6.16. The van der Waals surface area contributed by atoms with Crippen LogP contribution in [0.1, 0.15) is 29.2 Å². The number of rotatable bonds is 19. The first kappa shape index (κ1) is 41.0. The van der Waals surface area contributed by atoms with Crippen LogP contribution in [0, 0.1) is 0 Å². The molecule has 3 N–H and O–H groups in total. The van der Waals surface area contributed by atoms with Crippen LogP contribution in [0.25, 0.3) is 0 Å². The molecule has 0 radical (unpaired) electrons. The number of benzene rings is 4. The summed E-state index contributed by atoms with van der Waals surface area (Å²) in [4.78, 5) is 39.5. The van der Waals surface area contributed by atoms with Gasteiger partial charge >= 0.3 is 12.1 Å². The quantitative estimate of drug-likeness (QED) is 0.116. The van der Waals surface area contributed by atoms with Crippen molar-refractivity contribution in [2.75, 3.05) is 20.3 Å². The van der Waals surface area contributed by atoms with E-state index in [1.807, 2.05) is 109 Å². The summed E-state index contributed by atoms with van der Waals surface area (Å²) in [7, 11) is 1.18. The van der Waals surface area contributed by atoms with Crippen molar-refractivity contribution in [2.24, 2.45) is 0 Å². The highest BCUT2D eigenvalue weighted by atomic mass is 16.7. The van der Waals surface area contributed by atoms with Gasteiger partial charge in [-0.25, -0.2) is 9.59 Å². The Labute approximate surface area is 320 Å². The van der Waals surface area contributed by atoms with Gasteiger partial charge in [0, 0.05) is 0 Å². The topological polar surface area (TPSA) is 160 Å². The van der Waals surface area contributed by atoms with Gasteiger partial charge in [0.25, 0.3) is 0 Å². The summed E-state index contributed by atoms with van der Waals surface area (Å²) in [5.41, 5.74) is 3.36. The van der Waals surface area contributed by atoms with E-state index in [2.05, 4.69) is 10.6 Å². The van der Waals surface area contributed by atoms with E-state index < -0.39 is 67.4 Å². The van der Waals surface area contributed by atoms with Crippen LogP contribution in [0.4, 0.5) is 4.79 Å². The average Bonchev–Trinajstić information content (AvgIpc) is 3.22. The smallest absolute Gasteiger partial charge is 0.408 e. The Bertz CT molecular complexity index is 1730. The molecule has 0 saturated carbocycles. The SMILES string of the molecule is COC(=O)[C@@H](NC(=O)OCc1ccccc1)[C@@H](C)O[C@@H]1O[C@H](CO)[C@@H](OCc2ccccc2)[C@H](OCc2ccccc2)[C@H]1NC(=O)COCc1ccccc1. The molecule has 0 unspecified atom stereocenters. The van der Waals surface area contributed by atoms with Crippen molar-refractivity contribution in [2.45, 2.75) is 76.1 Å². The van der Waals surface area contributed by atoms with Crippen LogP contribution in [-0.2, 0) is 69.2 Å². The summed E-state index contributed by atoms with van der Waals surface area (Å²) in [5, 5.41) is 16.1. The number of carbonyl (C=O) groups is 3. The Morgan fingerprint density at radius 2 is 1.20 bits per heavy atom. The number of hydrogen-bond acceptors (Lipinski definition) is 11. The molecule has 1 saturated heterocycles. The van der Waals surface area contributed by atoms with Crippen LogP contribution in [-0.4, -0.2) is 86.2 Å². The van der Waals surface area contributed by atoms with Crippen molar-refractivity contribution >= 4 is 18.0 Å². The van der Waals surface area contributed by atoms with Gasteiger partial charge in [-0.15, -0.1) is 0 Å². The third-order valence-electron chi connectivity index (χ3n) is 8.83. The maximum atomic E-state index is 13.6. The lowest BCUT2D eigenvalue weighted by Crippen LogP contribution is -2.67. The number of amides is 2. The molecule has 0 spiro atoms. The monoisotopic (exact) mass is 756 g/mol. The van der Waals surface area contributed by atoms with Gasteiger partial charge < -0.3 is 48.9 Å². The van der Waals surface area contributed by atoms with Crippen molar-refractivity contribution in [3.05, 3.63) is 144 Å². The van der Waals surface area contributed by atoms with Crippen LogP contribution < -0.4 is 10.6 Å². The molecule has 292 valence electrons. The standard InChI is InChI=1S/C42H48N2O11/c1-29(36(40(47)49-2)44-42(48)53-27-33-21-13-6-14-22-33)54-41-37(43-35(46)28-50-24-30-15-7-3-8-16-30)39(52-26-32-19-11-5-12-20-32)38(34(23-45)55-41)51-25-31-17-9-4-10-18-31/h3-22,29,34,36-39,41,45H,23-28H2,1-2H3,(H,43,46)(H,44,48)/t29-,34-,36+,37-,38-,39-,41-/m1/s1. The van der Waals surface area contributed by atoms with Crippen LogP contribution in [0.3, 0.4) is 0 Å².